The number of aryl methyl sites for hydroxylation is 1. The number of imidazole rings is 1. The van der Waals surface area contributed by atoms with Crippen molar-refractivity contribution in [1.29, 1.82) is 0 Å². The van der Waals surface area contributed by atoms with Crippen LogP contribution >= 0.6 is 0 Å². The molecular formula is C13H14N6. The van der Waals surface area contributed by atoms with Crippen molar-refractivity contribution in [2.45, 2.75) is 13.3 Å². The molecule has 0 fully saturated rings. The second-order valence-electron chi connectivity index (χ2n) is 4.27. The van der Waals surface area contributed by atoms with Crippen LogP contribution < -0.4 is 5.73 Å². The molecule has 19 heavy (non-hydrogen) atoms. The van der Waals surface area contributed by atoms with E-state index in [1.807, 2.05) is 23.6 Å². The van der Waals surface area contributed by atoms with Crippen molar-refractivity contribution in [3.05, 3.63) is 42.2 Å². The van der Waals surface area contributed by atoms with Crippen molar-refractivity contribution in [3.8, 4) is 11.4 Å². The van der Waals surface area contributed by atoms with Crippen LogP contribution in [0.15, 0.2) is 30.7 Å². The summed E-state index contributed by atoms with van der Waals surface area (Å²) in [5, 5.41) is 4.53. The molecule has 6 heteroatoms. The van der Waals surface area contributed by atoms with Crippen molar-refractivity contribution in [1.82, 2.24) is 24.6 Å². The molecule has 0 amide bonds. The number of nitrogens with zero attached hydrogens (tertiary/aromatic N) is 5. The van der Waals surface area contributed by atoms with Crippen molar-refractivity contribution in [2.24, 2.45) is 5.73 Å². The number of nitrogens with two attached hydrogens (primary N) is 1. The monoisotopic (exact) mass is 254 g/mol. The number of fused-ring (bicyclic) bond motifs is 1. The lowest BCUT2D eigenvalue weighted by molar-refractivity contribution is 0.787. The van der Waals surface area contributed by atoms with Crippen LogP contribution in [-0.2, 0) is 6.42 Å². The van der Waals surface area contributed by atoms with Crippen molar-refractivity contribution in [2.75, 3.05) is 6.54 Å². The maximum Gasteiger partial charge on any atom is 0.181 e. The van der Waals surface area contributed by atoms with E-state index in [0.29, 0.717) is 18.8 Å². The highest BCUT2D eigenvalue weighted by Gasteiger charge is 2.11. The largest absolute Gasteiger partial charge is 0.330 e. The molecule has 3 rings (SSSR count). The number of hydrogen-bond donors (Lipinski definition) is 1. The third-order valence-corrected chi connectivity index (χ3v) is 2.93. The molecule has 0 atom stereocenters. The van der Waals surface area contributed by atoms with E-state index in [9.17, 15) is 0 Å². The molecule has 0 aliphatic heterocycles. The Balaban J connectivity index is 2.17. The molecule has 0 aliphatic rings. The number of aromatic nitrogens is 5. The van der Waals surface area contributed by atoms with Gasteiger partial charge in [-0.05, 0) is 25.6 Å². The molecule has 0 aromatic carbocycles. The van der Waals surface area contributed by atoms with E-state index >= 15 is 0 Å². The highest BCUT2D eigenvalue weighted by Crippen LogP contribution is 2.16. The first-order chi connectivity index (χ1) is 9.29. The average Bonchev–Trinajstić information content (AvgIpc) is 2.77. The fourth-order valence-corrected chi connectivity index (χ4v) is 2.01. The summed E-state index contributed by atoms with van der Waals surface area (Å²) in [7, 11) is 0. The lowest BCUT2D eigenvalue weighted by Gasteiger charge is -2.02. The van der Waals surface area contributed by atoms with E-state index in [2.05, 4.69) is 20.1 Å². The maximum absolute atomic E-state index is 5.60. The third-order valence-electron chi connectivity index (χ3n) is 2.93. The Kier molecular flexibility index (Phi) is 2.92. The minimum Gasteiger partial charge on any atom is -0.330 e. The zero-order chi connectivity index (χ0) is 13.2. The zero-order valence-corrected chi connectivity index (χ0v) is 10.6. The van der Waals surface area contributed by atoms with E-state index in [4.69, 9.17) is 5.73 Å². The molecule has 0 unspecified atom stereocenters. The first kappa shape index (κ1) is 11.7. The SMILES string of the molecule is Cc1nc(CCN)n2nc(-c3cccnc3)ncc12. The third kappa shape index (κ3) is 2.06. The van der Waals surface area contributed by atoms with Gasteiger partial charge in [0, 0.05) is 24.4 Å². The summed E-state index contributed by atoms with van der Waals surface area (Å²) in [6, 6.07) is 3.80. The van der Waals surface area contributed by atoms with Gasteiger partial charge in [-0.15, -0.1) is 5.10 Å². The van der Waals surface area contributed by atoms with E-state index in [-0.39, 0.29) is 0 Å². The summed E-state index contributed by atoms with van der Waals surface area (Å²) < 4.78 is 1.82. The molecular weight excluding hydrogens is 240 g/mol. The smallest absolute Gasteiger partial charge is 0.181 e. The Labute approximate surface area is 110 Å². The van der Waals surface area contributed by atoms with Gasteiger partial charge in [-0.25, -0.2) is 14.5 Å². The Bertz CT molecular complexity index is 704. The van der Waals surface area contributed by atoms with Gasteiger partial charge in [0.1, 0.15) is 11.3 Å². The second-order valence-corrected chi connectivity index (χ2v) is 4.27. The molecule has 3 aromatic heterocycles. The van der Waals surface area contributed by atoms with Crippen LogP contribution in [-0.4, -0.2) is 31.1 Å². The lowest BCUT2D eigenvalue weighted by Crippen LogP contribution is -2.08. The molecule has 96 valence electrons. The molecule has 6 nitrogen and oxygen atoms in total. The van der Waals surface area contributed by atoms with Crippen molar-refractivity contribution < 1.29 is 0 Å². The van der Waals surface area contributed by atoms with Crippen LogP contribution in [0.1, 0.15) is 11.5 Å². The zero-order valence-electron chi connectivity index (χ0n) is 10.6. The number of rotatable bonds is 3. The Hall–Kier alpha value is -2.34. The summed E-state index contributed by atoms with van der Waals surface area (Å²) in [5.74, 6) is 1.50. The second kappa shape index (κ2) is 4.74. The van der Waals surface area contributed by atoms with Crippen molar-refractivity contribution >= 4 is 5.52 Å². The summed E-state index contributed by atoms with van der Waals surface area (Å²) in [6.45, 7) is 2.49. The quantitative estimate of drug-likeness (QED) is 0.754. The van der Waals surface area contributed by atoms with Crippen LogP contribution in [0.25, 0.3) is 16.9 Å². The van der Waals surface area contributed by atoms with Gasteiger partial charge >= 0.3 is 0 Å². The van der Waals surface area contributed by atoms with Crippen LogP contribution in [0.5, 0.6) is 0 Å². The van der Waals surface area contributed by atoms with Crippen molar-refractivity contribution in [3.63, 3.8) is 0 Å². The van der Waals surface area contributed by atoms with E-state index < -0.39 is 0 Å². The van der Waals surface area contributed by atoms with Gasteiger partial charge in [0.2, 0.25) is 0 Å². The summed E-state index contributed by atoms with van der Waals surface area (Å²) >= 11 is 0. The molecule has 0 saturated heterocycles. The Morgan fingerprint density at radius 1 is 1.32 bits per heavy atom. The van der Waals surface area contributed by atoms with Crippen LogP contribution in [0, 0.1) is 6.92 Å². The normalized spacial score (nSPS) is 11.1. The Morgan fingerprint density at radius 2 is 2.21 bits per heavy atom. The number of pyridine rings is 1. The predicted molar refractivity (Wildman–Crippen MR) is 71.5 cm³/mol. The summed E-state index contributed by atoms with van der Waals surface area (Å²) in [5.41, 5.74) is 8.32. The average molecular weight is 254 g/mol. The molecule has 3 heterocycles. The predicted octanol–water partition coefficient (Wildman–Crippen LogP) is 0.996. The molecule has 2 N–H and O–H groups in total. The van der Waals surface area contributed by atoms with Crippen LogP contribution in [0.2, 0.25) is 0 Å². The van der Waals surface area contributed by atoms with Gasteiger partial charge < -0.3 is 5.73 Å². The first-order valence-corrected chi connectivity index (χ1v) is 6.11. The fourth-order valence-electron chi connectivity index (χ4n) is 2.01. The van der Waals surface area contributed by atoms with E-state index in [1.54, 1.807) is 18.6 Å². The number of hydrogen-bond acceptors (Lipinski definition) is 5. The molecule has 0 bridgehead atoms. The van der Waals surface area contributed by atoms with Gasteiger partial charge in [0.15, 0.2) is 5.82 Å². The topological polar surface area (TPSA) is 82.0 Å². The van der Waals surface area contributed by atoms with E-state index in [0.717, 1.165) is 22.6 Å². The van der Waals surface area contributed by atoms with E-state index in [1.165, 1.54) is 0 Å². The maximum atomic E-state index is 5.60. The standard InChI is InChI=1S/C13H14N6/c1-9-11-8-16-13(10-3-2-6-15-7-10)18-19(11)12(17-9)4-5-14/h2-3,6-8H,4-5,14H2,1H3. The molecule has 0 spiro atoms. The summed E-state index contributed by atoms with van der Waals surface area (Å²) in [4.78, 5) is 12.9. The fraction of sp³-hybridized carbons (Fsp3) is 0.231. The van der Waals surface area contributed by atoms with Gasteiger partial charge in [-0.2, -0.15) is 0 Å². The minimum atomic E-state index is 0.546. The molecule has 0 aliphatic carbocycles. The minimum absolute atomic E-state index is 0.546. The molecule has 0 saturated carbocycles. The van der Waals surface area contributed by atoms with Crippen LogP contribution in [0.4, 0.5) is 0 Å². The van der Waals surface area contributed by atoms with Gasteiger partial charge in [0.05, 0.1) is 11.9 Å². The van der Waals surface area contributed by atoms with Gasteiger partial charge in [-0.3, -0.25) is 4.98 Å². The Morgan fingerprint density at radius 3 is 2.95 bits per heavy atom. The van der Waals surface area contributed by atoms with Crippen LogP contribution in [0.3, 0.4) is 0 Å². The molecule has 0 radical (unpaired) electrons. The molecule has 3 aromatic rings. The van der Waals surface area contributed by atoms with Gasteiger partial charge in [-0.1, -0.05) is 0 Å². The van der Waals surface area contributed by atoms with Gasteiger partial charge in [0.25, 0.3) is 0 Å². The lowest BCUT2D eigenvalue weighted by atomic mass is 10.3. The summed E-state index contributed by atoms with van der Waals surface area (Å²) in [6.07, 6.45) is 5.95. The first-order valence-electron chi connectivity index (χ1n) is 6.11. The highest BCUT2D eigenvalue weighted by molar-refractivity contribution is 5.56. The highest BCUT2D eigenvalue weighted by atomic mass is 15.3.